The second-order valence-electron chi connectivity index (χ2n) is 5.59. The molecule has 3 aliphatic rings. The molecule has 0 N–H and O–H groups in total. The van der Waals surface area contributed by atoms with Gasteiger partial charge in [-0.2, -0.15) is 0 Å². The molecule has 3 saturated carbocycles. The summed E-state index contributed by atoms with van der Waals surface area (Å²) in [6.07, 6.45) is 12.4. The number of aldehydes is 1. The van der Waals surface area contributed by atoms with Crippen LogP contribution in [0.25, 0.3) is 0 Å². The van der Waals surface area contributed by atoms with Crippen LogP contribution in [0, 0.1) is 23.7 Å². The normalized spacial score (nSPS) is 44.9. The van der Waals surface area contributed by atoms with Gasteiger partial charge in [-0.15, -0.1) is 0 Å². The van der Waals surface area contributed by atoms with Crippen LogP contribution in [-0.4, -0.2) is 6.29 Å². The van der Waals surface area contributed by atoms with Gasteiger partial charge in [0, 0.05) is 6.42 Å². The SMILES string of the molecule is O=CCCC=C1CC2CC1C1CCCC21. The maximum absolute atomic E-state index is 10.3. The third-order valence-electron chi connectivity index (χ3n) is 4.97. The number of hydrogen-bond acceptors (Lipinski definition) is 1. The maximum Gasteiger partial charge on any atom is 0.120 e. The molecule has 0 heterocycles. The topological polar surface area (TPSA) is 17.1 Å². The summed E-state index contributed by atoms with van der Waals surface area (Å²) in [5, 5.41) is 0. The summed E-state index contributed by atoms with van der Waals surface area (Å²) >= 11 is 0. The molecular formula is C14H20O. The fourth-order valence-corrected chi connectivity index (χ4v) is 4.46. The summed E-state index contributed by atoms with van der Waals surface area (Å²) < 4.78 is 0. The van der Waals surface area contributed by atoms with Gasteiger partial charge in [0.05, 0.1) is 0 Å². The molecule has 0 aromatic rings. The van der Waals surface area contributed by atoms with Crippen molar-refractivity contribution in [3.63, 3.8) is 0 Å². The van der Waals surface area contributed by atoms with Gasteiger partial charge in [-0.3, -0.25) is 0 Å². The minimum absolute atomic E-state index is 0.717. The van der Waals surface area contributed by atoms with Crippen molar-refractivity contribution in [2.75, 3.05) is 0 Å². The smallest absolute Gasteiger partial charge is 0.120 e. The van der Waals surface area contributed by atoms with Crippen LogP contribution in [0.3, 0.4) is 0 Å². The van der Waals surface area contributed by atoms with E-state index in [4.69, 9.17) is 0 Å². The zero-order valence-corrected chi connectivity index (χ0v) is 9.32. The summed E-state index contributed by atoms with van der Waals surface area (Å²) in [6.45, 7) is 0. The highest BCUT2D eigenvalue weighted by Gasteiger charge is 2.51. The number of unbranched alkanes of at least 4 members (excludes halogenated alkanes) is 1. The quantitative estimate of drug-likeness (QED) is 0.391. The highest BCUT2D eigenvalue weighted by molar-refractivity contribution is 5.49. The molecule has 82 valence electrons. The van der Waals surface area contributed by atoms with Gasteiger partial charge in [-0.25, -0.2) is 0 Å². The lowest BCUT2D eigenvalue weighted by Crippen LogP contribution is -2.18. The molecule has 0 aromatic carbocycles. The van der Waals surface area contributed by atoms with Crippen LogP contribution >= 0.6 is 0 Å². The Hall–Kier alpha value is -0.590. The number of rotatable bonds is 3. The lowest BCUT2D eigenvalue weighted by atomic mass is 9.79. The van der Waals surface area contributed by atoms with E-state index in [1.165, 1.54) is 32.1 Å². The largest absolute Gasteiger partial charge is 0.303 e. The molecular weight excluding hydrogens is 184 g/mol. The van der Waals surface area contributed by atoms with Crippen LogP contribution in [0.4, 0.5) is 0 Å². The highest BCUT2D eigenvalue weighted by Crippen LogP contribution is 2.60. The Morgan fingerprint density at radius 2 is 2.07 bits per heavy atom. The third-order valence-corrected chi connectivity index (χ3v) is 4.97. The van der Waals surface area contributed by atoms with Gasteiger partial charge < -0.3 is 4.79 Å². The van der Waals surface area contributed by atoms with Crippen LogP contribution in [0.2, 0.25) is 0 Å². The van der Waals surface area contributed by atoms with E-state index >= 15 is 0 Å². The van der Waals surface area contributed by atoms with E-state index in [1.807, 2.05) is 0 Å². The average Bonchev–Trinajstić information content (AvgIpc) is 2.89. The van der Waals surface area contributed by atoms with Crippen LogP contribution in [-0.2, 0) is 4.79 Å². The minimum atomic E-state index is 0.717. The van der Waals surface area contributed by atoms with E-state index in [0.717, 1.165) is 42.8 Å². The van der Waals surface area contributed by atoms with E-state index in [2.05, 4.69) is 6.08 Å². The zero-order chi connectivity index (χ0) is 10.3. The minimum Gasteiger partial charge on any atom is -0.303 e. The van der Waals surface area contributed by atoms with E-state index in [1.54, 1.807) is 5.57 Å². The summed E-state index contributed by atoms with van der Waals surface area (Å²) in [4.78, 5) is 10.3. The van der Waals surface area contributed by atoms with Gasteiger partial charge in [0.25, 0.3) is 0 Å². The predicted octanol–water partition coefficient (Wildman–Crippen LogP) is 3.35. The molecule has 0 amide bonds. The van der Waals surface area contributed by atoms with Gasteiger partial charge in [-0.1, -0.05) is 18.1 Å². The summed E-state index contributed by atoms with van der Waals surface area (Å²) in [5.74, 6) is 4.06. The molecule has 15 heavy (non-hydrogen) atoms. The molecule has 0 spiro atoms. The van der Waals surface area contributed by atoms with Gasteiger partial charge in [0.1, 0.15) is 6.29 Å². The molecule has 0 radical (unpaired) electrons. The lowest BCUT2D eigenvalue weighted by molar-refractivity contribution is -0.107. The van der Waals surface area contributed by atoms with Gasteiger partial charge in [0.2, 0.25) is 0 Å². The van der Waals surface area contributed by atoms with Crippen molar-refractivity contribution in [2.45, 2.75) is 44.9 Å². The van der Waals surface area contributed by atoms with E-state index in [0.29, 0.717) is 0 Å². The zero-order valence-electron chi connectivity index (χ0n) is 9.32. The van der Waals surface area contributed by atoms with Crippen LogP contribution in [0.15, 0.2) is 11.6 Å². The molecule has 3 rings (SSSR count). The number of carbonyl (C=O) groups excluding carboxylic acids is 1. The van der Waals surface area contributed by atoms with Crippen molar-refractivity contribution in [3.8, 4) is 0 Å². The maximum atomic E-state index is 10.3. The first-order valence-corrected chi connectivity index (χ1v) is 6.52. The average molecular weight is 204 g/mol. The Morgan fingerprint density at radius 1 is 1.20 bits per heavy atom. The molecule has 1 nitrogen and oxygen atoms in total. The first kappa shape index (κ1) is 9.62. The lowest BCUT2D eigenvalue weighted by Gasteiger charge is -2.26. The second kappa shape index (κ2) is 3.77. The molecule has 0 aliphatic heterocycles. The Balaban J connectivity index is 1.70. The predicted molar refractivity (Wildman–Crippen MR) is 60.4 cm³/mol. The van der Waals surface area contributed by atoms with Crippen molar-refractivity contribution in [1.29, 1.82) is 0 Å². The monoisotopic (exact) mass is 204 g/mol. The van der Waals surface area contributed by atoms with Gasteiger partial charge in [0.15, 0.2) is 0 Å². The highest BCUT2D eigenvalue weighted by atomic mass is 16.1. The second-order valence-corrected chi connectivity index (χ2v) is 5.59. The standard InChI is InChI=1S/C14H20O/c15-7-2-1-4-10-8-11-9-14(10)13-6-3-5-12(11)13/h4,7,11-14H,1-3,5-6,8-9H2. The molecule has 4 unspecified atom stereocenters. The summed E-state index contributed by atoms with van der Waals surface area (Å²) in [6, 6.07) is 0. The molecule has 4 atom stereocenters. The van der Waals surface area contributed by atoms with Crippen molar-refractivity contribution in [2.24, 2.45) is 23.7 Å². The number of carbonyl (C=O) groups is 1. The van der Waals surface area contributed by atoms with E-state index in [-0.39, 0.29) is 0 Å². The molecule has 1 heteroatoms. The van der Waals surface area contributed by atoms with Crippen molar-refractivity contribution >= 4 is 6.29 Å². The molecule has 0 saturated heterocycles. The van der Waals surface area contributed by atoms with E-state index < -0.39 is 0 Å². The summed E-state index contributed by atoms with van der Waals surface area (Å²) in [7, 11) is 0. The van der Waals surface area contributed by atoms with Crippen LogP contribution in [0.5, 0.6) is 0 Å². The first-order valence-electron chi connectivity index (χ1n) is 6.52. The third kappa shape index (κ3) is 1.47. The fraction of sp³-hybridized carbons (Fsp3) is 0.786. The Labute approximate surface area is 91.9 Å². The Bertz CT molecular complexity index is 292. The van der Waals surface area contributed by atoms with Crippen molar-refractivity contribution in [3.05, 3.63) is 11.6 Å². The van der Waals surface area contributed by atoms with Gasteiger partial charge in [-0.05, 0) is 55.8 Å². The number of fused-ring (bicyclic) bond motifs is 5. The van der Waals surface area contributed by atoms with E-state index in [9.17, 15) is 4.79 Å². The molecule has 3 aliphatic carbocycles. The van der Waals surface area contributed by atoms with Crippen LogP contribution in [0.1, 0.15) is 44.9 Å². The Morgan fingerprint density at radius 3 is 2.93 bits per heavy atom. The van der Waals surface area contributed by atoms with Crippen LogP contribution < -0.4 is 0 Å². The first-order chi connectivity index (χ1) is 7.40. The molecule has 2 bridgehead atoms. The van der Waals surface area contributed by atoms with Crippen molar-refractivity contribution in [1.82, 2.24) is 0 Å². The van der Waals surface area contributed by atoms with Crippen molar-refractivity contribution < 1.29 is 4.79 Å². The number of hydrogen-bond donors (Lipinski definition) is 0. The van der Waals surface area contributed by atoms with Gasteiger partial charge >= 0.3 is 0 Å². The Kier molecular flexibility index (Phi) is 2.42. The number of allylic oxidation sites excluding steroid dienone is 2. The molecule has 0 aromatic heterocycles. The molecule has 3 fully saturated rings. The fourth-order valence-electron chi connectivity index (χ4n) is 4.46. The summed E-state index contributed by atoms with van der Waals surface area (Å²) in [5.41, 5.74) is 1.71.